The molecule has 0 bridgehead atoms. The van der Waals surface area contributed by atoms with Crippen molar-refractivity contribution < 1.29 is 9.15 Å². The van der Waals surface area contributed by atoms with E-state index in [1.165, 1.54) is 11.1 Å². The highest BCUT2D eigenvalue weighted by Crippen LogP contribution is 2.26. The summed E-state index contributed by atoms with van der Waals surface area (Å²) in [4.78, 5) is 1.00. The second kappa shape index (κ2) is 7.66. The molecule has 6 heteroatoms. The molecule has 4 nitrogen and oxygen atoms in total. The molecule has 0 N–H and O–H groups in total. The number of ether oxygens (including phenoxy) is 1. The average molecular weight is 346 g/mol. The van der Waals surface area contributed by atoms with E-state index in [1.54, 1.807) is 23.1 Å². The summed E-state index contributed by atoms with van der Waals surface area (Å²) in [5.41, 5.74) is 2.54. The Balaban J connectivity index is 1.41. The Kier molecular flexibility index (Phi) is 5.35. The summed E-state index contributed by atoms with van der Waals surface area (Å²) in [6.07, 6.45) is 0.925. The standard InChI is InChI=1S/C17H18N2O2S2/c1-12-6-7-14(11-13(12)2)20-8-4-10-23-17-19-18-16(21-17)15-5-3-9-22-15/h3,5-7,9,11H,4,8,10H2,1-2H3. The summed E-state index contributed by atoms with van der Waals surface area (Å²) in [5.74, 6) is 2.40. The molecule has 0 amide bonds. The number of hydrogen-bond acceptors (Lipinski definition) is 6. The molecule has 2 heterocycles. The summed E-state index contributed by atoms with van der Waals surface area (Å²) < 4.78 is 11.4. The van der Waals surface area contributed by atoms with Crippen molar-refractivity contribution in [2.75, 3.05) is 12.4 Å². The van der Waals surface area contributed by atoms with E-state index in [0.29, 0.717) is 17.7 Å². The third-order valence-corrected chi connectivity index (χ3v) is 5.16. The van der Waals surface area contributed by atoms with Crippen LogP contribution in [0.15, 0.2) is 45.4 Å². The van der Waals surface area contributed by atoms with Crippen molar-refractivity contribution in [3.63, 3.8) is 0 Å². The zero-order chi connectivity index (χ0) is 16.1. The van der Waals surface area contributed by atoms with Crippen LogP contribution >= 0.6 is 23.1 Å². The Morgan fingerprint density at radius 1 is 1.17 bits per heavy atom. The van der Waals surface area contributed by atoms with Crippen LogP contribution in [0.2, 0.25) is 0 Å². The number of benzene rings is 1. The first-order valence-corrected chi connectivity index (χ1v) is 9.29. The molecular formula is C17H18N2O2S2. The largest absolute Gasteiger partial charge is 0.494 e. The first-order valence-electron chi connectivity index (χ1n) is 7.42. The lowest BCUT2D eigenvalue weighted by atomic mass is 10.1. The van der Waals surface area contributed by atoms with Gasteiger partial charge in [-0.1, -0.05) is 23.9 Å². The van der Waals surface area contributed by atoms with Crippen molar-refractivity contribution in [1.29, 1.82) is 0 Å². The molecule has 0 radical (unpaired) electrons. The van der Waals surface area contributed by atoms with Crippen LogP contribution in [0.25, 0.3) is 10.8 Å². The van der Waals surface area contributed by atoms with Crippen LogP contribution in [0.4, 0.5) is 0 Å². The van der Waals surface area contributed by atoms with Crippen LogP contribution in [-0.4, -0.2) is 22.6 Å². The highest BCUT2D eigenvalue weighted by molar-refractivity contribution is 7.99. The maximum absolute atomic E-state index is 5.77. The minimum Gasteiger partial charge on any atom is -0.494 e. The Hall–Kier alpha value is -1.79. The molecule has 3 aromatic rings. The fourth-order valence-corrected chi connectivity index (χ4v) is 3.30. The SMILES string of the molecule is Cc1ccc(OCCCSc2nnc(-c3cccs3)o2)cc1C. The Morgan fingerprint density at radius 3 is 2.87 bits per heavy atom. The first-order chi connectivity index (χ1) is 11.2. The highest BCUT2D eigenvalue weighted by Gasteiger charge is 2.09. The number of aryl methyl sites for hydroxylation is 2. The predicted molar refractivity (Wildman–Crippen MR) is 94.4 cm³/mol. The van der Waals surface area contributed by atoms with E-state index in [9.17, 15) is 0 Å². The molecule has 0 saturated carbocycles. The molecule has 0 aliphatic heterocycles. The minimum atomic E-state index is 0.592. The lowest BCUT2D eigenvalue weighted by Crippen LogP contribution is -1.99. The Bertz CT molecular complexity index is 754. The molecule has 0 saturated heterocycles. The molecule has 23 heavy (non-hydrogen) atoms. The zero-order valence-corrected chi connectivity index (χ0v) is 14.7. The Morgan fingerprint density at radius 2 is 2.09 bits per heavy atom. The van der Waals surface area contributed by atoms with Gasteiger partial charge >= 0.3 is 0 Å². The highest BCUT2D eigenvalue weighted by atomic mass is 32.2. The normalized spacial score (nSPS) is 10.9. The number of hydrogen-bond donors (Lipinski definition) is 0. The molecule has 120 valence electrons. The van der Waals surface area contributed by atoms with Crippen molar-refractivity contribution in [3.05, 3.63) is 46.8 Å². The number of thiophene rings is 1. The van der Waals surface area contributed by atoms with Crippen molar-refractivity contribution in [2.45, 2.75) is 25.5 Å². The van der Waals surface area contributed by atoms with Gasteiger partial charge in [-0.05, 0) is 55.0 Å². The lowest BCUT2D eigenvalue weighted by Gasteiger charge is -2.07. The quantitative estimate of drug-likeness (QED) is 0.446. The van der Waals surface area contributed by atoms with Crippen molar-refractivity contribution in [1.82, 2.24) is 10.2 Å². The van der Waals surface area contributed by atoms with Gasteiger partial charge < -0.3 is 9.15 Å². The van der Waals surface area contributed by atoms with Gasteiger partial charge in [0.2, 0.25) is 0 Å². The van der Waals surface area contributed by atoms with E-state index in [2.05, 4.69) is 36.2 Å². The van der Waals surface area contributed by atoms with E-state index in [1.807, 2.05) is 23.6 Å². The molecule has 0 aliphatic rings. The van der Waals surface area contributed by atoms with Gasteiger partial charge in [-0.2, -0.15) is 0 Å². The zero-order valence-electron chi connectivity index (χ0n) is 13.1. The minimum absolute atomic E-state index is 0.592. The van der Waals surface area contributed by atoms with Crippen LogP contribution < -0.4 is 4.74 Å². The Labute approximate surface area is 143 Å². The number of aromatic nitrogens is 2. The summed E-state index contributed by atoms with van der Waals surface area (Å²) >= 11 is 3.16. The van der Waals surface area contributed by atoms with Crippen LogP contribution in [0, 0.1) is 13.8 Å². The third kappa shape index (κ3) is 4.36. The monoisotopic (exact) mass is 346 g/mol. The predicted octanol–water partition coefficient (Wildman–Crippen LogP) is 4.98. The van der Waals surface area contributed by atoms with E-state index < -0.39 is 0 Å². The number of rotatable bonds is 7. The lowest BCUT2D eigenvalue weighted by molar-refractivity contribution is 0.318. The van der Waals surface area contributed by atoms with Crippen molar-refractivity contribution in [3.8, 4) is 16.5 Å². The number of thioether (sulfide) groups is 1. The third-order valence-electron chi connectivity index (χ3n) is 3.40. The van der Waals surface area contributed by atoms with Crippen LogP contribution in [0.1, 0.15) is 17.5 Å². The van der Waals surface area contributed by atoms with E-state index >= 15 is 0 Å². The first kappa shape index (κ1) is 16.1. The molecule has 0 unspecified atom stereocenters. The van der Waals surface area contributed by atoms with Gasteiger partial charge in [0.25, 0.3) is 11.1 Å². The molecular weight excluding hydrogens is 328 g/mol. The maximum atomic E-state index is 5.77. The molecule has 1 aromatic carbocycles. The molecule has 0 atom stereocenters. The summed E-state index contributed by atoms with van der Waals surface area (Å²) in [5, 5.41) is 10.7. The van der Waals surface area contributed by atoms with E-state index in [0.717, 1.165) is 22.8 Å². The van der Waals surface area contributed by atoms with Gasteiger partial charge in [0, 0.05) is 5.75 Å². The second-order valence-electron chi connectivity index (χ2n) is 5.15. The summed E-state index contributed by atoms with van der Waals surface area (Å²) in [6, 6.07) is 10.1. The van der Waals surface area contributed by atoms with Crippen LogP contribution in [0.5, 0.6) is 5.75 Å². The average Bonchev–Trinajstić information content (AvgIpc) is 3.21. The van der Waals surface area contributed by atoms with Crippen LogP contribution in [0.3, 0.4) is 0 Å². The van der Waals surface area contributed by atoms with Crippen LogP contribution in [-0.2, 0) is 0 Å². The smallest absolute Gasteiger partial charge is 0.276 e. The summed E-state index contributed by atoms with van der Waals surface area (Å²) in [6.45, 7) is 4.88. The number of nitrogens with zero attached hydrogens (tertiary/aromatic N) is 2. The van der Waals surface area contributed by atoms with Crippen molar-refractivity contribution in [2.24, 2.45) is 0 Å². The summed E-state index contributed by atoms with van der Waals surface area (Å²) in [7, 11) is 0. The van der Waals surface area contributed by atoms with Gasteiger partial charge in [-0.15, -0.1) is 21.5 Å². The maximum Gasteiger partial charge on any atom is 0.276 e. The fourth-order valence-electron chi connectivity index (χ4n) is 1.98. The van der Waals surface area contributed by atoms with Gasteiger partial charge in [0.05, 0.1) is 11.5 Å². The van der Waals surface area contributed by atoms with Crippen molar-refractivity contribution >= 4 is 23.1 Å². The van der Waals surface area contributed by atoms with Gasteiger partial charge in [-0.25, -0.2) is 0 Å². The second-order valence-corrected chi connectivity index (χ2v) is 7.14. The molecule has 0 spiro atoms. The van der Waals surface area contributed by atoms with E-state index in [4.69, 9.17) is 9.15 Å². The van der Waals surface area contributed by atoms with E-state index in [-0.39, 0.29) is 0 Å². The molecule has 3 rings (SSSR count). The topological polar surface area (TPSA) is 48.2 Å². The fraction of sp³-hybridized carbons (Fsp3) is 0.294. The molecule has 2 aromatic heterocycles. The van der Waals surface area contributed by atoms with Gasteiger partial charge in [0.15, 0.2) is 0 Å². The molecule has 0 fully saturated rings. The van der Waals surface area contributed by atoms with Gasteiger partial charge in [0.1, 0.15) is 5.75 Å². The molecule has 0 aliphatic carbocycles. The van der Waals surface area contributed by atoms with Gasteiger partial charge in [-0.3, -0.25) is 0 Å².